The molecule has 2 nitrogen and oxygen atoms in total. The summed E-state index contributed by atoms with van der Waals surface area (Å²) in [6, 6.07) is 0. The van der Waals surface area contributed by atoms with Crippen molar-refractivity contribution in [2.45, 2.75) is 41.5 Å². The highest BCUT2D eigenvalue weighted by molar-refractivity contribution is 5.24. The lowest BCUT2D eigenvalue weighted by Gasteiger charge is -2.32. The third kappa shape index (κ3) is 3.23. The van der Waals surface area contributed by atoms with Crippen molar-refractivity contribution in [1.82, 2.24) is 5.32 Å². The standard InChI is InChI=1S/C13H25NO/c1-12(2,3)10-9-15-8-7-14-11(10)13(4,5)6/h14H,7-9H2,1-6H3. The topological polar surface area (TPSA) is 21.3 Å². The Labute approximate surface area is 94.1 Å². The summed E-state index contributed by atoms with van der Waals surface area (Å²) < 4.78 is 5.64. The molecular formula is C13H25NO. The summed E-state index contributed by atoms with van der Waals surface area (Å²) in [5.41, 5.74) is 3.14. The van der Waals surface area contributed by atoms with Gasteiger partial charge in [-0.15, -0.1) is 0 Å². The average Bonchev–Trinajstić information content (AvgIpc) is 2.24. The summed E-state index contributed by atoms with van der Waals surface area (Å²) in [7, 11) is 0. The lowest BCUT2D eigenvalue weighted by Crippen LogP contribution is -2.30. The molecule has 1 aliphatic heterocycles. The van der Waals surface area contributed by atoms with Gasteiger partial charge in [-0.05, 0) is 11.0 Å². The van der Waals surface area contributed by atoms with E-state index in [-0.39, 0.29) is 10.8 Å². The van der Waals surface area contributed by atoms with Crippen molar-refractivity contribution >= 4 is 0 Å². The molecule has 0 aromatic carbocycles. The van der Waals surface area contributed by atoms with Gasteiger partial charge in [-0.25, -0.2) is 0 Å². The van der Waals surface area contributed by atoms with Crippen LogP contribution in [0, 0.1) is 10.8 Å². The predicted octanol–water partition coefficient (Wildman–Crippen LogP) is 2.95. The van der Waals surface area contributed by atoms with Crippen LogP contribution in [0.4, 0.5) is 0 Å². The number of hydrogen-bond donors (Lipinski definition) is 1. The minimum absolute atomic E-state index is 0.177. The maximum Gasteiger partial charge on any atom is 0.0702 e. The molecule has 15 heavy (non-hydrogen) atoms. The van der Waals surface area contributed by atoms with E-state index in [2.05, 4.69) is 46.9 Å². The zero-order valence-electron chi connectivity index (χ0n) is 11.0. The van der Waals surface area contributed by atoms with Crippen molar-refractivity contribution in [3.63, 3.8) is 0 Å². The molecule has 0 amide bonds. The summed E-state index contributed by atoms with van der Waals surface area (Å²) in [6.45, 7) is 16.0. The van der Waals surface area contributed by atoms with E-state index in [9.17, 15) is 0 Å². The van der Waals surface area contributed by atoms with Gasteiger partial charge < -0.3 is 10.1 Å². The van der Waals surface area contributed by atoms with Gasteiger partial charge in [0.1, 0.15) is 0 Å². The Morgan fingerprint density at radius 1 is 1.00 bits per heavy atom. The van der Waals surface area contributed by atoms with E-state index in [1.807, 2.05) is 0 Å². The quantitative estimate of drug-likeness (QED) is 0.665. The Balaban J connectivity index is 3.13. The predicted molar refractivity (Wildman–Crippen MR) is 64.8 cm³/mol. The minimum Gasteiger partial charge on any atom is -0.386 e. The SMILES string of the molecule is CC(C)(C)C1=C(C(C)(C)C)NCCOC1. The average molecular weight is 211 g/mol. The molecule has 0 spiro atoms. The Morgan fingerprint density at radius 3 is 2.07 bits per heavy atom. The van der Waals surface area contributed by atoms with Gasteiger partial charge in [-0.1, -0.05) is 41.5 Å². The maximum absolute atomic E-state index is 5.64. The van der Waals surface area contributed by atoms with Crippen molar-refractivity contribution in [2.24, 2.45) is 10.8 Å². The number of rotatable bonds is 0. The van der Waals surface area contributed by atoms with E-state index in [0.717, 1.165) is 19.8 Å². The molecule has 88 valence electrons. The fourth-order valence-electron chi connectivity index (χ4n) is 1.91. The smallest absolute Gasteiger partial charge is 0.0702 e. The molecule has 0 aromatic rings. The highest BCUT2D eigenvalue weighted by atomic mass is 16.5. The molecular weight excluding hydrogens is 186 g/mol. The second kappa shape index (κ2) is 4.17. The fraction of sp³-hybridized carbons (Fsp3) is 0.846. The first kappa shape index (κ1) is 12.6. The Bertz CT molecular complexity index is 227. The van der Waals surface area contributed by atoms with E-state index < -0.39 is 0 Å². The van der Waals surface area contributed by atoms with Crippen LogP contribution in [-0.2, 0) is 4.74 Å². The largest absolute Gasteiger partial charge is 0.386 e. The van der Waals surface area contributed by atoms with Crippen LogP contribution in [0.3, 0.4) is 0 Å². The minimum atomic E-state index is 0.177. The van der Waals surface area contributed by atoms with Crippen LogP contribution in [-0.4, -0.2) is 19.8 Å². The zero-order chi connectivity index (χ0) is 11.7. The van der Waals surface area contributed by atoms with E-state index >= 15 is 0 Å². The highest BCUT2D eigenvalue weighted by Crippen LogP contribution is 2.35. The van der Waals surface area contributed by atoms with Gasteiger partial charge in [0.2, 0.25) is 0 Å². The molecule has 0 aromatic heterocycles. The number of hydrogen-bond acceptors (Lipinski definition) is 2. The molecule has 0 saturated heterocycles. The first-order chi connectivity index (χ1) is 6.73. The third-order valence-corrected chi connectivity index (χ3v) is 2.75. The maximum atomic E-state index is 5.64. The number of allylic oxidation sites excluding steroid dienone is 1. The van der Waals surface area contributed by atoms with Crippen LogP contribution in [0.15, 0.2) is 11.3 Å². The van der Waals surface area contributed by atoms with Gasteiger partial charge in [-0.3, -0.25) is 0 Å². The molecule has 0 aliphatic carbocycles. The molecule has 0 fully saturated rings. The monoisotopic (exact) mass is 211 g/mol. The summed E-state index contributed by atoms with van der Waals surface area (Å²) in [6.07, 6.45) is 0. The lowest BCUT2D eigenvalue weighted by molar-refractivity contribution is 0.155. The van der Waals surface area contributed by atoms with E-state index in [0.29, 0.717) is 0 Å². The second-order valence-electron chi connectivity index (χ2n) is 6.33. The summed E-state index contributed by atoms with van der Waals surface area (Å²) in [5.74, 6) is 0. The fourth-order valence-corrected chi connectivity index (χ4v) is 1.91. The third-order valence-electron chi connectivity index (χ3n) is 2.75. The zero-order valence-corrected chi connectivity index (χ0v) is 11.0. The van der Waals surface area contributed by atoms with E-state index in [1.165, 1.54) is 11.3 Å². The first-order valence-corrected chi connectivity index (χ1v) is 5.78. The van der Waals surface area contributed by atoms with Crippen LogP contribution in [0.1, 0.15) is 41.5 Å². The normalized spacial score (nSPS) is 19.9. The van der Waals surface area contributed by atoms with Crippen LogP contribution in [0.5, 0.6) is 0 Å². The molecule has 0 unspecified atom stereocenters. The highest BCUT2D eigenvalue weighted by Gasteiger charge is 2.29. The molecule has 2 heteroatoms. The van der Waals surface area contributed by atoms with Crippen molar-refractivity contribution in [3.05, 3.63) is 11.3 Å². The van der Waals surface area contributed by atoms with Gasteiger partial charge in [0.25, 0.3) is 0 Å². The lowest BCUT2D eigenvalue weighted by atomic mass is 9.79. The molecule has 0 bridgehead atoms. The molecule has 0 radical (unpaired) electrons. The molecule has 1 aliphatic rings. The van der Waals surface area contributed by atoms with Gasteiger partial charge in [0.05, 0.1) is 13.2 Å². The molecule has 1 rings (SSSR count). The summed E-state index contributed by atoms with van der Waals surface area (Å²) in [5, 5.41) is 3.53. The van der Waals surface area contributed by atoms with Crippen molar-refractivity contribution in [3.8, 4) is 0 Å². The molecule has 0 saturated carbocycles. The van der Waals surface area contributed by atoms with Crippen LogP contribution in [0.2, 0.25) is 0 Å². The van der Waals surface area contributed by atoms with Gasteiger partial charge in [0.15, 0.2) is 0 Å². The summed E-state index contributed by atoms with van der Waals surface area (Å²) in [4.78, 5) is 0. The van der Waals surface area contributed by atoms with E-state index in [1.54, 1.807) is 0 Å². The van der Waals surface area contributed by atoms with Crippen LogP contribution >= 0.6 is 0 Å². The second-order valence-corrected chi connectivity index (χ2v) is 6.33. The van der Waals surface area contributed by atoms with Crippen LogP contribution in [0.25, 0.3) is 0 Å². The van der Waals surface area contributed by atoms with Crippen LogP contribution < -0.4 is 5.32 Å². The summed E-state index contributed by atoms with van der Waals surface area (Å²) >= 11 is 0. The number of ether oxygens (including phenoxy) is 1. The Kier molecular flexibility index (Phi) is 3.49. The van der Waals surface area contributed by atoms with Crippen molar-refractivity contribution in [1.29, 1.82) is 0 Å². The van der Waals surface area contributed by atoms with Crippen molar-refractivity contribution in [2.75, 3.05) is 19.8 Å². The molecule has 1 N–H and O–H groups in total. The van der Waals surface area contributed by atoms with Crippen molar-refractivity contribution < 1.29 is 4.74 Å². The van der Waals surface area contributed by atoms with E-state index in [4.69, 9.17) is 4.74 Å². The van der Waals surface area contributed by atoms with Gasteiger partial charge in [-0.2, -0.15) is 0 Å². The first-order valence-electron chi connectivity index (χ1n) is 5.78. The molecule has 0 atom stereocenters. The van der Waals surface area contributed by atoms with Gasteiger partial charge in [0, 0.05) is 17.7 Å². The number of nitrogens with one attached hydrogen (secondary N) is 1. The van der Waals surface area contributed by atoms with Gasteiger partial charge >= 0.3 is 0 Å². The molecule has 1 heterocycles. The Morgan fingerprint density at radius 2 is 1.60 bits per heavy atom. The Hall–Kier alpha value is -0.500.